The standard InChI is InChI=1S/C9H10FNO/c1-5-4-6(2)9(11-12)7(3)8(5)10/h4H,1-3H3. The number of nitroso groups, excluding NO2 is 1. The molecule has 0 aromatic heterocycles. The van der Waals surface area contributed by atoms with Crippen LogP contribution in [0.2, 0.25) is 0 Å². The molecule has 1 aromatic rings. The molecule has 0 radical (unpaired) electrons. The molecule has 0 aliphatic carbocycles. The van der Waals surface area contributed by atoms with Gasteiger partial charge < -0.3 is 0 Å². The largest absolute Gasteiger partial charge is 0.206 e. The minimum atomic E-state index is -0.338. The molecule has 2 nitrogen and oxygen atoms in total. The van der Waals surface area contributed by atoms with Gasteiger partial charge in [-0.3, -0.25) is 0 Å². The van der Waals surface area contributed by atoms with Crippen LogP contribution in [0.5, 0.6) is 0 Å². The van der Waals surface area contributed by atoms with Crippen LogP contribution in [-0.4, -0.2) is 0 Å². The molecule has 0 fully saturated rings. The SMILES string of the molecule is Cc1cc(C)c(N=O)c(C)c1F. The van der Waals surface area contributed by atoms with Crippen LogP contribution < -0.4 is 0 Å². The van der Waals surface area contributed by atoms with Gasteiger partial charge in [0.15, 0.2) is 0 Å². The van der Waals surface area contributed by atoms with Crippen LogP contribution in [0.15, 0.2) is 11.2 Å². The molecule has 64 valence electrons. The number of halogens is 1. The zero-order chi connectivity index (χ0) is 9.30. The van der Waals surface area contributed by atoms with Crippen LogP contribution in [0.25, 0.3) is 0 Å². The molecule has 0 heterocycles. The number of rotatable bonds is 1. The van der Waals surface area contributed by atoms with Gasteiger partial charge in [-0.1, -0.05) is 6.07 Å². The molecule has 3 heteroatoms. The summed E-state index contributed by atoms with van der Waals surface area (Å²) in [5.74, 6) is -0.338. The molecular weight excluding hydrogens is 157 g/mol. The van der Waals surface area contributed by atoms with Crippen molar-refractivity contribution in [3.05, 3.63) is 33.5 Å². The summed E-state index contributed by atoms with van der Waals surface area (Å²) in [6.45, 7) is 4.98. The lowest BCUT2D eigenvalue weighted by atomic mass is 10.0. The Morgan fingerprint density at radius 1 is 1.25 bits per heavy atom. The summed E-state index contributed by atoms with van der Waals surface area (Å²) in [5, 5.41) is 2.78. The van der Waals surface area contributed by atoms with Gasteiger partial charge in [0.25, 0.3) is 0 Å². The fourth-order valence-corrected chi connectivity index (χ4v) is 1.29. The average molecular weight is 167 g/mol. The Kier molecular flexibility index (Phi) is 2.22. The van der Waals surface area contributed by atoms with E-state index in [0.29, 0.717) is 11.1 Å². The van der Waals surface area contributed by atoms with Crippen LogP contribution in [0, 0.1) is 31.5 Å². The Labute approximate surface area is 70.4 Å². The lowest BCUT2D eigenvalue weighted by molar-refractivity contribution is 0.609. The Bertz CT molecular complexity index is 334. The highest BCUT2D eigenvalue weighted by Crippen LogP contribution is 2.27. The molecule has 0 aliphatic rings. The third-order valence-corrected chi connectivity index (χ3v) is 1.93. The van der Waals surface area contributed by atoms with Crippen molar-refractivity contribution >= 4 is 5.69 Å². The topological polar surface area (TPSA) is 29.4 Å². The smallest absolute Gasteiger partial charge is 0.131 e. The van der Waals surface area contributed by atoms with Gasteiger partial charge in [0, 0.05) is 5.56 Å². The molecule has 0 bridgehead atoms. The first-order valence-corrected chi connectivity index (χ1v) is 3.67. The van der Waals surface area contributed by atoms with E-state index in [0.717, 1.165) is 5.56 Å². The molecule has 1 rings (SSSR count). The fraction of sp³-hybridized carbons (Fsp3) is 0.333. The zero-order valence-corrected chi connectivity index (χ0v) is 7.31. The van der Waals surface area contributed by atoms with Crippen LogP contribution in [0.3, 0.4) is 0 Å². The number of nitrogens with zero attached hydrogens (tertiary/aromatic N) is 1. The lowest BCUT2D eigenvalue weighted by Crippen LogP contribution is -1.90. The first kappa shape index (κ1) is 8.84. The van der Waals surface area contributed by atoms with E-state index in [1.54, 1.807) is 26.8 Å². The maximum Gasteiger partial charge on any atom is 0.131 e. The van der Waals surface area contributed by atoms with Gasteiger partial charge >= 0.3 is 0 Å². The Balaban J connectivity index is 3.51. The van der Waals surface area contributed by atoms with Gasteiger partial charge in [0.05, 0.1) is 0 Å². The van der Waals surface area contributed by atoms with E-state index >= 15 is 0 Å². The van der Waals surface area contributed by atoms with Gasteiger partial charge in [-0.25, -0.2) is 4.39 Å². The summed E-state index contributed by atoms with van der Waals surface area (Å²) in [4.78, 5) is 10.3. The van der Waals surface area contributed by atoms with Crippen LogP contribution >= 0.6 is 0 Å². The number of aryl methyl sites for hydroxylation is 2. The van der Waals surface area contributed by atoms with E-state index in [2.05, 4.69) is 5.18 Å². The monoisotopic (exact) mass is 167 g/mol. The molecule has 0 N–H and O–H groups in total. The molecular formula is C9H10FNO. The van der Waals surface area contributed by atoms with Crippen molar-refractivity contribution in [1.29, 1.82) is 0 Å². The van der Waals surface area contributed by atoms with E-state index in [1.165, 1.54) is 0 Å². The predicted octanol–water partition coefficient (Wildman–Crippen LogP) is 3.15. The summed E-state index contributed by atoms with van der Waals surface area (Å²) >= 11 is 0. The van der Waals surface area contributed by atoms with Crippen molar-refractivity contribution in [2.75, 3.05) is 0 Å². The van der Waals surface area contributed by atoms with Crippen molar-refractivity contribution in [3.8, 4) is 0 Å². The second kappa shape index (κ2) is 3.01. The van der Waals surface area contributed by atoms with E-state index < -0.39 is 0 Å². The first-order valence-electron chi connectivity index (χ1n) is 3.67. The van der Waals surface area contributed by atoms with E-state index in [4.69, 9.17) is 0 Å². The van der Waals surface area contributed by atoms with Gasteiger partial charge in [-0.15, -0.1) is 4.91 Å². The van der Waals surface area contributed by atoms with Crippen molar-refractivity contribution in [2.24, 2.45) is 5.18 Å². The van der Waals surface area contributed by atoms with Crippen molar-refractivity contribution in [1.82, 2.24) is 0 Å². The summed E-state index contributed by atoms with van der Waals surface area (Å²) < 4.78 is 13.2. The Hall–Kier alpha value is -1.25. The van der Waals surface area contributed by atoms with Crippen LogP contribution in [0.1, 0.15) is 16.7 Å². The first-order chi connectivity index (χ1) is 5.57. The minimum absolute atomic E-state index is 0.220. The highest BCUT2D eigenvalue weighted by atomic mass is 19.1. The maximum absolute atomic E-state index is 13.2. The third-order valence-electron chi connectivity index (χ3n) is 1.93. The zero-order valence-electron chi connectivity index (χ0n) is 7.31. The van der Waals surface area contributed by atoms with E-state index in [1.807, 2.05) is 0 Å². The van der Waals surface area contributed by atoms with Crippen molar-refractivity contribution in [3.63, 3.8) is 0 Å². The maximum atomic E-state index is 13.2. The van der Waals surface area contributed by atoms with Gasteiger partial charge in [0.2, 0.25) is 0 Å². The van der Waals surface area contributed by atoms with Gasteiger partial charge in [-0.2, -0.15) is 0 Å². The fourth-order valence-electron chi connectivity index (χ4n) is 1.29. The summed E-state index contributed by atoms with van der Waals surface area (Å²) in [6, 6.07) is 1.62. The number of hydrogen-bond donors (Lipinski definition) is 0. The average Bonchev–Trinajstić information content (AvgIpc) is 2.01. The number of benzene rings is 1. The quantitative estimate of drug-likeness (QED) is 0.591. The normalized spacial score (nSPS) is 10.0. The Morgan fingerprint density at radius 2 is 1.83 bits per heavy atom. The predicted molar refractivity (Wildman–Crippen MR) is 46.1 cm³/mol. The summed E-state index contributed by atoms with van der Waals surface area (Å²) in [6.07, 6.45) is 0. The second-order valence-corrected chi connectivity index (χ2v) is 2.89. The summed E-state index contributed by atoms with van der Waals surface area (Å²) in [5.41, 5.74) is 1.83. The highest BCUT2D eigenvalue weighted by Gasteiger charge is 2.10. The molecule has 0 amide bonds. The molecule has 0 unspecified atom stereocenters. The molecule has 0 saturated carbocycles. The van der Waals surface area contributed by atoms with Crippen LogP contribution in [-0.2, 0) is 0 Å². The van der Waals surface area contributed by atoms with Crippen molar-refractivity contribution in [2.45, 2.75) is 20.8 Å². The van der Waals surface area contributed by atoms with E-state index in [9.17, 15) is 9.30 Å². The van der Waals surface area contributed by atoms with Crippen LogP contribution in [0.4, 0.5) is 10.1 Å². The van der Waals surface area contributed by atoms with Gasteiger partial charge in [-0.05, 0) is 37.1 Å². The molecule has 0 aliphatic heterocycles. The highest BCUT2D eigenvalue weighted by molar-refractivity contribution is 5.54. The number of hydrogen-bond acceptors (Lipinski definition) is 2. The molecule has 1 aromatic carbocycles. The second-order valence-electron chi connectivity index (χ2n) is 2.89. The Morgan fingerprint density at radius 3 is 2.33 bits per heavy atom. The summed E-state index contributed by atoms with van der Waals surface area (Å²) in [7, 11) is 0. The van der Waals surface area contributed by atoms with Crippen molar-refractivity contribution < 1.29 is 4.39 Å². The van der Waals surface area contributed by atoms with Gasteiger partial charge in [0.1, 0.15) is 11.5 Å². The lowest BCUT2D eigenvalue weighted by Gasteiger charge is -2.05. The molecule has 12 heavy (non-hydrogen) atoms. The van der Waals surface area contributed by atoms with E-state index in [-0.39, 0.29) is 11.5 Å². The minimum Gasteiger partial charge on any atom is -0.206 e. The molecule has 0 atom stereocenters. The molecule has 0 saturated heterocycles. The molecule has 0 spiro atoms. The third kappa shape index (κ3) is 1.22.